The van der Waals surface area contributed by atoms with Crippen LogP contribution >= 0.6 is 11.6 Å². The number of ketones is 1. The third kappa shape index (κ3) is 5.21. The maximum absolute atomic E-state index is 14.8. The maximum Gasteiger partial charge on any atom is 0.356 e. The van der Waals surface area contributed by atoms with Crippen molar-refractivity contribution in [3.8, 4) is 11.3 Å². The molecule has 4 rings (SSSR count). The van der Waals surface area contributed by atoms with Crippen LogP contribution in [0.3, 0.4) is 0 Å². The van der Waals surface area contributed by atoms with E-state index in [9.17, 15) is 23.2 Å². The summed E-state index contributed by atoms with van der Waals surface area (Å²) in [4.78, 5) is 51.4. The van der Waals surface area contributed by atoms with Gasteiger partial charge in [0.15, 0.2) is 11.4 Å². The van der Waals surface area contributed by atoms with Crippen LogP contribution in [0.1, 0.15) is 27.7 Å². The zero-order valence-electron chi connectivity index (χ0n) is 22.5. The highest BCUT2D eigenvalue weighted by Crippen LogP contribution is 2.35. The van der Waals surface area contributed by atoms with Crippen LogP contribution in [0, 0.1) is 17.6 Å². The molecule has 9 nitrogen and oxygen atoms in total. The highest BCUT2D eigenvalue weighted by Gasteiger charge is 2.31. The van der Waals surface area contributed by atoms with E-state index in [1.807, 2.05) is 11.8 Å². The van der Waals surface area contributed by atoms with E-state index in [0.29, 0.717) is 31.1 Å². The Morgan fingerprint density at radius 3 is 2.48 bits per heavy atom. The van der Waals surface area contributed by atoms with Crippen LogP contribution in [-0.2, 0) is 9.59 Å². The Kier molecular flexibility index (Phi) is 8.06. The molecular formula is C28H29ClF2N6O3. The molecule has 1 unspecified atom stereocenters. The predicted octanol–water partition coefficient (Wildman–Crippen LogP) is 3.99. The number of carbonyl (C=O) groups excluding carboxylic acids is 2. The fourth-order valence-electron chi connectivity index (χ4n) is 4.75. The number of benzene rings is 1. The summed E-state index contributed by atoms with van der Waals surface area (Å²) >= 11 is 6.60. The third-order valence-corrected chi connectivity index (χ3v) is 7.02. The number of halogens is 3. The van der Waals surface area contributed by atoms with E-state index in [-0.39, 0.29) is 51.1 Å². The van der Waals surface area contributed by atoms with Gasteiger partial charge in [0.25, 0.3) is 0 Å². The van der Waals surface area contributed by atoms with Gasteiger partial charge in [-0.25, -0.2) is 23.1 Å². The number of piperazine rings is 1. The van der Waals surface area contributed by atoms with Gasteiger partial charge in [0, 0.05) is 48.9 Å². The maximum atomic E-state index is 14.8. The normalized spacial score (nSPS) is 16.4. The SMILES string of the molecule is C=CC(=O)N1CCN(c2nc(=O)n(C(C(=O)C(C)C)=C(C)N)c3nc(-c4ccc(F)cc4F)c(Cl)cc23)C(C)C1. The van der Waals surface area contributed by atoms with Crippen LogP contribution in [-0.4, -0.2) is 56.8 Å². The van der Waals surface area contributed by atoms with E-state index in [2.05, 4.69) is 16.5 Å². The van der Waals surface area contributed by atoms with Crippen LogP contribution < -0.4 is 16.3 Å². The van der Waals surface area contributed by atoms with Crippen LogP contribution in [0.5, 0.6) is 0 Å². The second kappa shape index (κ2) is 11.2. The first-order valence-electron chi connectivity index (χ1n) is 12.6. The predicted molar refractivity (Wildman–Crippen MR) is 151 cm³/mol. The fraction of sp³-hybridized carbons (Fsp3) is 0.321. The summed E-state index contributed by atoms with van der Waals surface area (Å²) in [5.41, 5.74) is 5.05. The van der Waals surface area contributed by atoms with Crippen molar-refractivity contribution in [1.29, 1.82) is 0 Å². The van der Waals surface area contributed by atoms with Crippen LogP contribution in [0.4, 0.5) is 14.6 Å². The minimum Gasteiger partial charge on any atom is -0.400 e. The summed E-state index contributed by atoms with van der Waals surface area (Å²) in [6.45, 7) is 11.2. The Morgan fingerprint density at radius 1 is 1.20 bits per heavy atom. The van der Waals surface area contributed by atoms with Gasteiger partial charge in [-0.1, -0.05) is 32.0 Å². The summed E-state index contributed by atoms with van der Waals surface area (Å²) in [5, 5.41) is 0.325. The number of hydrogen-bond donors (Lipinski definition) is 1. The number of nitrogens with two attached hydrogens (primary N) is 1. The highest BCUT2D eigenvalue weighted by molar-refractivity contribution is 6.34. The number of anilines is 1. The van der Waals surface area contributed by atoms with Gasteiger partial charge in [-0.2, -0.15) is 4.98 Å². The number of Topliss-reactive ketones (excluding diaryl/α,β-unsaturated/α-hetero) is 1. The summed E-state index contributed by atoms with van der Waals surface area (Å²) in [7, 11) is 0. The number of amides is 1. The zero-order valence-corrected chi connectivity index (χ0v) is 23.3. The number of rotatable bonds is 6. The third-order valence-electron chi connectivity index (χ3n) is 6.73. The van der Waals surface area contributed by atoms with E-state index >= 15 is 0 Å². The zero-order chi connectivity index (χ0) is 29.5. The van der Waals surface area contributed by atoms with Crippen molar-refractivity contribution in [3.05, 3.63) is 69.8 Å². The average molecular weight is 571 g/mol. The number of carbonyl (C=O) groups is 2. The van der Waals surface area contributed by atoms with Crippen molar-refractivity contribution in [2.75, 3.05) is 24.5 Å². The van der Waals surface area contributed by atoms with Gasteiger partial charge in [0.05, 0.1) is 16.1 Å². The molecule has 1 atom stereocenters. The van der Waals surface area contributed by atoms with E-state index in [4.69, 9.17) is 17.3 Å². The molecule has 1 saturated heterocycles. The second-order valence-corrected chi connectivity index (χ2v) is 10.4. The molecule has 0 saturated carbocycles. The lowest BCUT2D eigenvalue weighted by Crippen LogP contribution is -2.54. The van der Waals surface area contributed by atoms with E-state index in [1.165, 1.54) is 25.1 Å². The molecule has 210 valence electrons. The van der Waals surface area contributed by atoms with Crippen molar-refractivity contribution < 1.29 is 18.4 Å². The van der Waals surface area contributed by atoms with Gasteiger partial charge < -0.3 is 15.5 Å². The topological polar surface area (TPSA) is 114 Å². The first-order valence-corrected chi connectivity index (χ1v) is 13.0. The summed E-state index contributed by atoms with van der Waals surface area (Å²) < 4.78 is 29.5. The summed E-state index contributed by atoms with van der Waals surface area (Å²) in [6.07, 6.45) is 1.24. The molecule has 2 N–H and O–H groups in total. The number of pyridine rings is 1. The molecule has 1 fully saturated rings. The minimum atomic E-state index is -0.905. The molecule has 1 amide bonds. The lowest BCUT2D eigenvalue weighted by molar-refractivity contribution is -0.126. The number of aromatic nitrogens is 3. The van der Waals surface area contributed by atoms with Gasteiger partial charge in [-0.05, 0) is 38.1 Å². The summed E-state index contributed by atoms with van der Waals surface area (Å²) in [5.74, 6) is -2.61. The monoisotopic (exact) mass is 570 g/mol. The smallest absolute Gasteiger partial charge is 0.356 e. The van der Waals surface area contributed by atoms with Crippen LogP contribution in [0.2, 0.25) is 5.02 Å². The highest BCUT2D eigenvalue weighted by atomic mass is 35.5. The Labute approximate surface area is 234 Å². The second-order valence-electron chi connectivity index (χ2n) is 9.95. The van der Waals surface area contributed by atoms with Crippen molar-refractivity contribution in [1.82, 2.24) is 19.4 Å². The Balaban J connectivity index is 2.04. The molecule has 3 heterocycles. The molecule has 1 aliphatic heterocycles. The largest absolute Gasteiger partial charge is 0.400 e. The molecule has 1 aliphatic rings. The molecule has 12 heteroatoms. The molecule has 3 aromatic rings. The number of nitrogens with zero attached hydrogens (tertiary/aromatic N) is 5. The standard InChI is InChI=1S/C28H29ClF2N6O3/c1-6-22(38)35-9-10-36(15(4)13-35)26-19-12-20(29)23(18-8-7-17(30)11-21(18)31)33-27(19)37(28(40)34-26)24(16(5)32)25(39)14(2)3/h6-8,11-12,14-15H,1,9-10,13,32H2,2-5H3. The number of hydrogen-bond acceptors (Lipinski definition) is 7. The van der Waals surface area contributed by atoms with Gasteiger partial charge in [0.2, 0.25) is 5.91 Å². The Bertz CT molecular complexity index is 1630. The lowest BCUT2D eigenvalue weighted by atomic mass is 10.0. The molecule has 0 radical (unpaired) electrons. The number of allylic oxidation sites excluding steroid dienone is 2. The molecule has 0 spiro atoms. The lowest BCUT2D eigenvalue weighted by Gasteiger charge is -2.40. The molecule has 0 bridgehead atoms. The fourth-order valence-corrected chi connectivity index (χ4v) is 5.01. The first-order chi connectivity index (χ1) is 18.8. The average Bonchev–Trinajstić information content (AvgIpc) is 2.89. The van der Waals surface area contributed by atoms with Gasteiger partial charge in [-0.3, -0.25) is 9.59 Å². The molecule has 40 heavy (non-hydrogen) atoms. The first kappa shape index (κ1) is 28.9. The molecule has 1 aromatic carbocycles. The molecular weight excluding hydrogens is 542 g/mol. The van der Waals surface area contributed by atoms with Gasteiger partial charge >= 0.3 is 5.69 Å². The van der Waals surface area contributed by atoms with Gasteiger partial charge in [0.1, 0.15) is 23.1 Å². The molecule has 0 aliphatic carbocycles. The Morgan fingerprint density at radius 2 is 1.90 bits per heavy atom. The van der Waals surface area contributed by atoms with Crippen LogP contribution in [0.15, 0.2) is 47.4 Å². The molecule has 2 aromatic heterocycles. The minimum absolute atomic E-state index is 0.0181. The van der Waals surface area contributed by atoms with Crippen LogP contribution in [0.25, 0.3) is 28.0 Å². The van der Waals surface area contributed by atoms with Crippen molar-refractivity contribution in [2.24, 2.45) is 11.7 Å². The number of fused-ring (bicyclic) bond motifs is 1. The summed E-state index contributed by atoms with van der Waals surface area (Å²) in [6, 6.07) is 4.18. The van der Waals surface area contributed by atoms with E-state index < -0.39 is 29.0 Å². The quantitative estimate of drug-likeness (QED) is 0.446. The van der Waals surface area contributed by atoms with Crippen molar-refractivity contribution in [2.45, 2.75) is 33.7 Å². The van der Waals surface area contributed by atoms with E-state index in [0.717, 1.165) is 10.6 Å². The Hall–Kier alpha value is -4.12. The van der Waals surface area contributed by atoms with Crippen molar-refractivity contribution >= 4 is 45.8 Å². The van der Waals surface area contributed by atoms with Gasteiger partial charge in [-0.15, -0.1) is 0 Å². The van der Waals surface area contributed by atoms with E-state index in [1.54, 1.807) is 18.7 Å². The van der Waals surface area contributed by atoms with Crippen molar-refractivity contribution in [3.63, 3.8) is 0 Å².